The van der Waals surface area contributed by atoms with Crippen molar-refractivity contribution in [3.05, 3.63) is 175 Å². The zero-order valence-corrected chi connectivity index (χ0v) is 25.8. The van der Waals surface area contributed by atoms with E-state index in [0.29, 0.717) is 11.3 Å². The van der Waals surface area contributed by atoms with Gasteiger partial charge in [-0.3, -0.25) is 0 Å². The lowest BCUT2D eigenvalue weighted by Gasteiger charge is -2.16. The highest BCUT2D eigenvalue weighted by Gasteiger charge is 2.18. The van der Waals surface area contributed by atoms with Crippen LogP contribution in [0.2, 0.25) is 0 Å². The molecule has 2 aromatic heterocycles. The molecule has 0 fully saturated rings. The summed E-state index contributed by atoms with van der Waals surface area (Å²) >= 11 is 0. The van der Waals surface area contributed by atoms with Crippen LogP contribution in [0.15, 0.2) is 158 Å². The highest BCUT2D eigenvalue weighted by atomic mass is 15.0. The van der Waals surface area contributed by atoms with Gasteiger partial charge in [-0.1, -0.05) is 103 Å². The molecule has 0 spiro atoms. The predicted molar refractivity (Wildman–Crippen MR) is 197 cm³/mol. The summed E-state index contributed by atoms with van der Waals surface area (Å²) in [4.78, 5) is 3.80. The third kappa shape index (κ3) is 4.14. The SMILES string of the molecule is [C-]#[N+]c1ccc(-c2ccc(C#N)c(-c3cccc(-n4c5ccccc5c5ccccc54)c3)c2)c(-n2c3ccccc3c3ccccc32)c1. The summed E-state index contributed by atoms with van der Waals surface area (Å²) in [5, 5.41) is 15.0. The molecule has 9 aromatic rings. The third-order valence-electron chi connectivity index (χ3n) is 9.38. The van der Waals surface area contributed by atoms with Crippen LogP contribution in [0, 0.1) is 17.9 Å². The maximum Gasteiger partial charge on any atom is 0.189 e. The van der Waals surface area contributed by atoms with E-state index in [0.717, 1.165) is 66.5 Å². The van der Waals surface area contributed by atoms with Gasteiger partial charge in [0.15, 0.2) is 5.69 Å². The largest absolute Gasteiger partial charge is 0.310 e. The van der Waals surface area contributed by atoms with Crippen molar-refractivity contribution in [1.82, 2.24) is 9.13 Å². The molecule has 7 aromatic carbocycles. The third-order valence-corrected chi connectivity index (χ3v) is 9.38. The smallest absolute Gasteiger partial charge is 0.189 e. The number of rotatable bonds is 4. The molecule has 0 aliphatic heterocycles. The lowest BCUT2D eigenvalue weighted by molar-refractivity contribution is 1.18. The fourth-order valence-electron chi connectivity index (χ4n) is 7.26. The number of nitriles is 1. The van der Waals surface area contributed by atoms with Crippen LogP contribution in [0.3, 0.4) is 0 Å². The summed E-state index contributed by atoms with van der Waals surface area (Å²) in [5.74, 6) is 0. The van der Waals surface area contributed by atoms with Crippen molar-refractivity contribution >= 4 is 49.3 Å². The van der Waals surface area contributed by atoms with Crippen LogP contribution in [-0.4, -0.2) is 9.13 Å². The van der Waals surface area contributed by atoms with Gasteiger partial charge in [0, 0.05) is 44.0 Å². The number of aromatic nitrogens is 2. The molecule has 0 bridgehead atoms. The summed E-state index contributed by atoms with van der Waals surface area (Å²) in [6, 6.07) is 56.6. The maximum absolute atomic E-state index is 10.3. The highest BCUT2D eigenvalue weighted by molar-refractivity contribution is 6.10. The van der Waals surface area contributed by atoms with Crippen molar-refractivity contribution < 1.29 is 0 Å². The van der Waals surface area contributed by atoms with Gasteiger partial charge in [-0.15, -0.1) is 0 Å². The molecule has 48 heavy (non-hydrogen) atoms. The van der Waals surface area contributed by atoms with Crippen molar-refractivity contribution in [1.29, 1.82) is 5.26 Å². The first-order valence-electron chi connectivity index (χ1n) is 15.9. The molecule has 2 heterocycles. The van der Waals surface area contributed by atoms with Crippen LogP contribution in [0.5, 0.6) is 0 Å². The summed E-state index contributed by atoms with van der Waals surface area (Å²) in [5.41, 5.74) is 11.4. The molecule has 0 aliphatic rings. The van der Waals surface area contributed by atoms with Gasteiger partial charge < -0.3 is 9.13 Å². The minimum atomic E-state index is 0.573. The van der Waals surface area contributed by atoms with Crippen molar-refractivity contribution in [2.24, 2.45) is 0 Å². The Kier molecular flexibility index (Phi) is 6.22. The molecule has 4 nitrogen and oxygen atoms in total. The molecule has 0 unspecified atom stereocenters. The van der Waals surface area contributed by atoms with Gasteiger partial charge >= 0.3 is 0 Å². The van der Waals surface area contributed by atoms with E-state index in [-0.39, 0.29) is 0 Å². The van der Waals surface area contributed by atoms with Gasteiger partial charge in [-0.05, 0) is 65.7 Å². The summed E-state index contributed by atoms with van der Waals surface area (Å²) < 4.78 is 4.56. The van der Waals surface area contributed by atoms with E-state index in [4.69, 9.17) is 6.57 Å². The van der Waals surface area contributed by atoms with Crippen molar-refractivity contribution in [3.8, 4) is 39.7 Å². The Morgan fingerprint density at radius 1 is 0.479 bits per heavy atom. The minimum absolute atomic E-state index is 0.573. The average molecular weight is 611 g/mol. The first kappa shape index (κ1) is 27.4. The lowest BCUT2D eigenvalue weighted by atomic mass is 9.93. The van der Waals surface area contributed by atoms with Gasteiger partial charge in [0.1, 0.15) is 0 Å². The number of nitrogens with zero attached hydrogens (tertiary/aromatic N) is 4. The number of hydrogen-bond donors (Lipinski definition) is 0. The second-order valence-electron chi connectivity index (χ2n) is 12.0. The Bertz CT molecular complexity index is 2710. The average Bonchev–Trinajstić information content (AvgIpc) is 3.67. The van der Waals surface area contributed by atoms with E-state index < -0.39 is 0 Å². The molecule has 4 heteroatoms. The molecule has 222 valence electrons. The van der Waals surface area contributed by atoms with Crippen LogP contribution in [0.4, 0.5) is 5.69 Å². The number of benzene rings is 7. The number of hydrogen-bond acceptors (Lipinski definition) is 1. The van der Waals surface area contributed by atoms with E-state index in [1.807, 2.05) is 30.3 Å². The van der Waals surface area contributed by atoms with E-state index in [1.165, 1.54) is 10.8 Å². The molecule has 0 atom stereocenters. The zero-order chi connectivity index (χ0) is 32.2. The van der Waals surface area contributed by atoms with Gasteiger partial charge in [0.05, 0.1) is 40.3 Å². The monoisotopic (exact) mass is 610 g/mol. The molecule has 0 saturated carbocycles. The molecule has 0 saturated heterocycles. The molecule has 0 amide bonds. The molecule has 0 radical (unpaired) electrons. The molecular formula is C44H26N4. The Labute approximate surface area is 277 Å². The van der Waals surface area contributed by atoms with E-state index in [1.54, 1.807) is 0 Å². The van der Waals surface area contributed by atoms with Crippen molar-refractivity contribution in [2.75, 3.05) is 0 Å². The zero-order valence-electron chi connectivity index (χ0n) is 25.8. The first-order chi connectivity index (χ1) is 23.7. The van der Waals surface area contributed by atoms with Crippen LogP contribution in [0.1, 0.15) is 5.56 Å². The Morgan fingerprint density at radius 2 is 1.02 bits per heavy atom. The molecular weight excluding hydrogens is 585 g/mol. The molecule has 0 N–H and O–H groups in total. The van der Waals surface area contributed by atoms with Gasteiger partial charge in [-0.25, -0.2) is 4.85 Å². The van der Waals surface area contributed by atoms with Gasteiger partial charge in [0.25, 0.3) is 0 Å². The van der Waals surface area contributed by atoms with Crippen LogP contribution in [-0.2, 0) is 0 Å². The van der Waals surface area contributed by atoms with Gasteiger partial charge in [-0.2, -0.15) is 5.26 Å². The molecule has 0 aliphatic carbocycles. The second kappa shape index (κ2) is 10.9. The first-order valence-corrected chi connectivity index (χ1v) is 15.9. The predicted octanol–water partition coefficient (Wildman–Crippen LogP) is 11.6. The fourth-order valence-corrected chi connectivity index (χ4v) is 7.26. The van der Waals surface area contributed by atoms with Gasteiger partial charge in [0.2, 0.25) is 0 Å². The Balaban J connectivity index is 1.26. The lowest BCUT2D eigenvalue weighted by Crippen LogP contribution is -1.98. The minimum Gasteiger partial charge on any atom is -0.310 e. The molecule has 9 rings (SSSR count). The number of fused-ring (bicyclic) bond motifs is 6. The Morgan fingerprint density at radius 3 is 1.58 bits per heavy atom. The topological polar surface area (TPSA) is 38.0 Å². The quantitative estimate of drug-likeness (QED) is 0.183. The summed E-state index contributed by atoms with van der Waals surface area (Å²) in [7, 11) is 0. The normalized spacial score (nSPS) is 11.3. The Hall–Kier alpha value is -6.88. The van der Waals surface area contributed by atoms with Crippen LogP contribution in [0.25, 0.3) is 82.1 Å². The maximum atomic E-state index is 10.3. The fraction of sp³-hybridized carbons (Fsp3) is 0. The van der Waals surface area contributed by atoms with Crippen molar-refractivity contribution in [3.63, 3.8) is 0 Å². The summed E-state index contributed by atoms with van der Waals surface area (Å²) in [6.45, 7) is 7.82. The number of para-hydroxylation sites is 4. The highest BCUT2D eigenvalue weighted by Crippen LogP contribution is 2.40. The second-order valence-corrected chi connectivity index (χ2v) is 12.0. The van der Waals surface area contributed by atoms with E-state index in [2.05, 4.69) is 147 Å². The van der Waals surface area contributed by atoms with E-state index >= 15 is 0 Å². The van der Waals surface area contributed by atoms with Crippen molar-refractivity contribution in [2.45, 2.75) is 0 Å². The van der Waals surface area contributed by atoms with E-state index in [9.17, 15) is 5.26 Å². The summed E-state index contributed by atoms with van der Waals surface area (Å²) in [6.07, 6.45) is 0. The standard InChI is InChI=1S/C44H26N4/c1-46-32-23-24-34(44(27-32)48-42-19-8-4-15-37(42)38-16-5-9-20-43(38)48)30-21-22-31(28-45)39(26-30)29-11-10-12-33(25-29)47-40-17-6-2-13-35(40)36-14-3-7-18-41(36)47/h2-27H. The van der Waals surface area contributed by atoms with Crippen LogP contribution >= 0.6 is 0 Å². The van der Waals surface area contributed by atoms with Crippen LogP contribution < -0.4 is 0 Å².